The number of halogens is 5. The summed E-state index contributed by atoms with van der Waals surface area (Å²) < 4.78 is 72.7. The highest BCUT2D eigenvalue weighted by atomic mass is 19.2. The molecular formula is C19H11F5N2O3. The molecule has 0 aromatic heterocycles. The summed E-state index contributed by atoms with van der Waals surface area (Å²) in [6, 6.07) is 5.79. The predicted octanol–water partition coefficient (Wildman–Crippen LogP) is 3.97. The van der Waals surface area contributed by atoms with Crippen LogP contribution in [-0.2, 0) is 9.53 Å². The van der Waals surface area contributed by atoms with E-state index in [-0.39, 0.29) is 21.9 Å². The first-order chi connectivity index (χ1) is 13.7. The minimum Gasteiger partial charge on any atom is -0.465 e. The van der Waals surface area contributed by atoms with Gasteiger partial charge in [-0.15, -0.1) is 0 Å². The minimum atomic E-state index is -2.34. The Hall–Kier alpha value is -3.56. The summed E-state index contributed by atoms with van der Waals surface area (Å²) >= 11 is 0. The van der Waals surface area contributed by atoms with Crippen molar-refractivity contribution in [1.82, 2.24) is 0 Å². The molecular weight excluding hydrogens is 399 g/mol. The standard InChI is InChI=1S/C19H11F5N2O3/c1-8-11(7-9-3-5-10(6-4-9)19(28)29-2)18(27)26(25-8)17-15(23)13(21)12(20)14(22)16(17)24/h3-7H,1-2H3/b11-7+. The van der Waals surface area contributed by atoms with Crippen molar-refractivity contribution in [3.8, 4) is 0 Å². The van der Waals surface area contributed by atoms with E-state index < -0.39 is 46.6 Å². The van der Waals surface area contributed by atoms with Gasteiger partial charge in [0, 0.05) is 0 Å². The summed E-state index contributed by atoms with van der Waals surface area (Å²) in [6.07, 6.45) is 1.30. The van der Waals surface area contributed by atoms with Gasteiger partial charge in [0.05, 0.1) is 24.0 Å². The zero-order valence-electron chi connectivity index (χ0n) is 14.9. The lowest BCUT2D eigenvalue weighted by Gasteiger charge is -2.15. The summed E-state index contributed by atoms with van der Waals surface area (Å²) in [7, 11) is 1.21. The van der Waals surface area contributed by atoms with Crippen LogP contribution in [0.2, 0.25) is 0 Å². The van der Waals surface area contributed by atoms with E-state index in [1.54, 1.807) is 0 Å². The van der Waals surface area contributed by atoms with Crippen LogP contribution in [0.1, 0.15) is 22.8 Å². The topological polar surface area (TPSA) is 59.0 Å². The fourth-order valence-corrected chi connectivity index (χ4v) is 2.62. The first-order valence-electron chi connectivity index (χ1n) is 7.99. The van der Waals surface area contributed by atoms with Gasteiger partial charge in [-0.05, 0) is 30.7 Å². The van der Waals surface area contributed by atoms with Crippen LogP contribution in [0.15, 0.2) is 34.9 Å². The van der Waals surface area contributed by atoms with E-state index in [2.05, 4.69) is 9.84 Å². The van der Waals surface area contributed by atoms with Crippen LogP contribution in [0.3, 0.4) is 0 Å². The number of methoxy groups -OCH3 is 1. The van der Waals surface area contributed by atoms with E-state index in [1.807, 2.05) is 0 Å². The Kier molecular flexibility index (Phi) is 5.19. The van der Waals surface area contributed by atoms with Crippen molar-refractivity contribution in [3.63, 3.8) is 0 Å². The lowest BCUT2D eigenvalue weighted by molar-refractivity contribution is -0.114. The fraction of sp³-hybridized carbons (Fsp3) is 0.105. The molecule has 0 saturated heterocycles. The third-order valence-corrected chi connectivity index (χ3v) is 4.10. The molecule has 0 saturated carbocycles. The van der Waals surface area contributed by atoms with Gasteiger partial charge in [-0.1, -0.05) is 12.1 Å². The fourth-order valence-electron chi connectivity index (χ4n) is 2.62. The minimum absolute atomic E-state index is 0.00372. The number of carbonyl (C=O) groups is 2. The number of anilines is 1. The maximum Gasteiger partial charge on any atom is 0.337 e. The molecule has 2 aromatic rings. The van der Waals surface area contributed by atoms with Crippen molar-refractivity contribution in [3.05, 3.63) is 70.1 Å². The molecule has 0 bridgehead atoms. The van der Waals surface area contributed by atoms with Crippen molar-refractivity contribution >= 4 is 29.4 Å². The number of benzene rings is 2. The Morgan fingerprint density at radius 3 is 2.00 bits per heavy atom. The highest BCUT2D eigenvalue weighted by Gasteiger charge is 2.36. The van der Waals surface area contributed by atoms with Gasteiger partial charge in [0.1, 0.15) is 5.69 Å². The third-order valence-electron chi connectivity index (χ3n) is 4.10. The van der Waals surface area contributed by atoms with Gasteiger partial charge in [-0.25, -0.2) is 26.7 Å². The summed E-state index contributed by atoms with van der Waals surface area (Å²) in [4.78, 5) is 24.0. The van der Waals surface area contributed by atoms with Crippen LogP contribution >= 0.6 is 0 Å². The number of nitrogens with zero attached hydrogens (tertiary/aromatic N) is 2. The Morgan fingerprint density at radius 2 is 1.48 bits per heavy atom. The number of amides is 1. The number of rotatable bonds is 3. The smallest absolute Gasteiger partial charge is 0.337 e. The zero-order valence-corrected chi connectivity index (χ0v) is 14.9. The van der Waals surface area contributed by atoms with Gasteiger partial charge >= 0.3 is 5.97 Å². The van der Waals surface area contributed by atoms with Crippen molar-refractivity contribution < 1.29 is 36.3 Å². The second-order valence-corrected chi connectivity index (χ2v) is 5.89. The molecule has 1 heterocycles. The molecule has 150 valence electrons. The molecule has 0 aliphatic carbocycles. The Balaban J connectivity index is 2.00. The highest BCUT2D eigenvalue weighted by molar-refractivity contribution is 6.32. The molecule has 0 unspecified atom stereocenters. The lowest BCUT2D eigenvalue weighted by atomic mass is 10.1. The van der Waals surface area contributed by atoms with Crippen LogP contribution < -0.4 is 5.01 Å². The molecule has 0 radical (unpaired) electrons. The molecule has 10 heteroatoms. The SMILES string of the molecule is COC(=O)c1ccc(/C=C2/C(=O)N(c3c(F)c(F)c(F)c(F)c3F)N=C2C)cc1. The van der Waals surface area contributed by atoms with Crippen molar-refractivity contribution in [2.24, 2.45) is 5.10 Å². The normalized spacial score (nSPS) is 15.1. The number of hydrazone groups is 1. The average Bonchev–Trinajstić information content (AvgIpc) is 2.99. The molecule has 3 rings (SSSR count). The molecule has 0 atom stereocenters. The Labute approximate surface area is 160 Å². The van der Waals surface area contributed by atoms with Gasteiger partial charge in [0.2, 0.25) is 5.82 Å². The Bertz CT molecular complexity index is 1070. The molecule has 1 aliphatic rings. The quantitative estimate of drug-likeness (QED) is 0.253. The Morgan fingerprint density at radius 1 is 0.966 bits per heavy atom. The van der Waals surface area contributed by atoms with Crippen LogP contribution in [0.25, 0.3) is 6.08 Å². The average molecular weight is 410 g/mol. The summed E-state index contributed by atoms with van der Waals surface area (Å²) in [5.74, 6) is -12.7. The monoisotopic (exact) mass is 410 g/mol. The molecule has 1 aliphatic heterocycles. The summed E-state index contributed by atoms with van der Waals surface area (Å²) in [6.45, 7) is 1.33. The number of carbonyl (C=O) groups excluding carboxylic acids is 2. The lowest BCUT2D eigenvalue weighted by Crippen LogP contribution is -2.25. The largest absolute Gasteiger partial charge is 0.465 e. The molecule has 29 heavy (non-hydrogen) atoms. The summed E-state index contributed by atoms with van der Waals surface area (Å²) in [5, 5.41) is 3.76. The van der Waals surface area contributed by atoms with E-state index >= 15 is 0 Å². The van der Waals surface area contributed by atoms with Gasteiger partial charge < -0.3 is 4.74 Å². The number of hydrogen-bond donors (Lipinski definition) is 0. The van der Waals surface area contributed by atoms with Crippen molar-refractivity contribution in [2.75, 3.05) is 12.1 Å². The van der Waals surface area contributed by atoms with Gasteiger partial charge in [-0.3, -0.25) is 4.79 Å². The van der Waals surface area contributed by atoms with Crippen LogP contribution in [0, 0.1) is 29.1 Å². The first-order valence-corrected chi connectivity index (χ1v) is 7.99. The van der Waals surface area contributed by atoms with Crippen LogP contribution in [0.5, 0.6) is 0 Å². The van der Waals surface area contributed by atoms with E-state index in [0.29, 0.717) is 5.56 Å². The zero-order chi connectivity index (χ0) is 21.5. The number of ether oxygens (including phenoxy) is 1. The van der Waals surface area contributed by atoms with Gasteiger partial charge in [0.15, 0.2) is 23.3 Å². The second kappa shape index (κ2) is 7.46. The van der Waals surface area contributed by atoms with E-state index in [4.69, 9.17) is 0 Å². The molecule has 1 amide bonds. The van der Waals surface area contributed by atoms with Gasteiger partial charge in [0.25, 0.3) is 5.91 Å². The maximum atomic E-state index is 14.0. The maximum absolute atomic E-state index is 14.0. The number of esters is 1. The van der Waals surface area contributed by atoms with Crippen LogP contribution in [-0.4, -0.2) is 24.7 Å². The molecule has 5 nitrogen and oxygen atoms in total. The first kappa shape index (κ1) is 20.2. The van der Waals surface area contributed by atoms with E-state index in [0.717, 1.165) is 0 Å². The summed E-state index contributed by atoms with van der Waals surface area (Å²) in [5.41, 5.74) is -0.915. The van der Waals surface area contributed by atoms with E-state index in [9.17, 15) is 31.5 Å². The molecule has 0 spiro atoms. The molecule has 0 fully saturated rings. The van der Waals surface area contributed by atoms with E-state index in [1.165, 1.54) is 44.4 Å². The molecule has 2 aromatic carbocycles. The highest BCUT2D eigenvalue weighted by Crippen LogP contribution is 2.34. The predicted molar refractivity (Wildman–Crippen MR) is 92.6 cm³/mol. The van der Waals surface area contributed by atoms with Crippen molar-refractivity contribution in [1.29, 1.82) is 0 Å². The van der Waals surface area contributed by atoms with Crippen molar-refractivity contribution in [2.45, 2.75) is 6.92 Å². The third kappa shape index (κ3) is 3.37. The second-order valence-electron chi connectivity index (χ2n) is 5.89. The number of hydrogen-bond acceptors (Lipinski definition) is 4. The molecule has 0 N–H and O–H groups in total. The van der Waals surface area contributed by atoms with Gasteiger partial charge in [-0.2, -0.15) is 10.1 Å². The van der Waals surface area contributed by atoms with Crippen LogP contribution in [0.4, 0.5) is 27.6 Å².